The van der Waals surface area contributed by atoms with Crippen LogP contribution in [0, 0.1) is 11.8 Å². The van der Waals surface area contributed by atoms with Gasteiger partial charge in [-0.15, -0.1) is 0 Å². The molecule has 2 aliphatic rings. The van der Waals surface area contributed by atoms with Crippen LogP contribution in [0.2, 0.25) is 0 Å². The van der Waals surface area contributed by atoms with Gasteiger partial charge in [0.05, 0.1) is 11.8 Å². The third kappa shape index (κ3) is 2.59. The molecule has 1 aliphatic carbocycles. The molecule has 104 valence electrons. The Balaban J connectivity index is 2.00. The van der Waals surface area contributed by atoms with Crippen molar-refractivity contribution in [1.82, 2.24) is 15.5 Å². The van der Waals surface area contributed by atoms with Gasteiger partial charge in [0.15, 0.2) is 0 Å². The third-order valence-electron chi connectivity index (χ3n) is 3.71. The van der Waals surface area contributed by atoms with Crippen molar-refractivity contribution in [2.24, 2.45) is 11.8 Å². The van der Waals surface area contributed by atoms with E-state index in [4.69, 9.17) is 0 Å². The van der Waals surface area contributed by atoms with Crippen molar-refractivity contribution in [3.8, 4) is 0 Å². The number of nitrogens with zero attached hydrogens (tertiary/aromatic N) is 1. The maximum Gasteiger partial charge on any atom is 0.321 e. The first-order valence-electron chi connectivity index (χ1n) is 6.41. The van der Waals surface area contributed by atoms with Gasteiger partial charge in [-0.3, -0.25) is 24.6 Å². The third-order valence-corrected chi connectivity index (χ3v) is 3.71. The van der Waals surface area contributed by atoms with Gasteiger partial charge in [0.1, 0.15) is 6.54 Å². The van der Waals surface area contributed by atoms with Crippen molar-refractivity contribution in [2.75, 3.05) is 13.6 Å². The number of fused-ring (bicyclic) bond motifs is 1. The largest absolute Gasteiger partial charge is 0.341 e. The lowest BCUT2D eigenvalue weighted by Gasteiger charge is -2.19. The van der Waals surface area contributed by atoms with Crippen molar-refractivity contribution in [2.45, 2.75) is 25.7 Å². The Labute approximate surface area is 110 Å². The summed E-state index contributed by atoms with van der Waals surface area (Å²) in [7, 11) is 1.38. The normalized spacial score (nSPS) is 26.1. The second-order valence-corrected chi connectivity index (χ2v) is 4.89. The molecule has 1 saturated carbocycles. The van der Waals surface area contributed by atoms with E-state index < -0.39 is 11.9 Å². The average molecular weight is 267 g/mol. The molecule has 19 heavy (non-hydrogen) atoms. The quantitative estimate of drug-likeness (QED) is 0.666. The van der Waals surface area contributed by atoms with Crippen LogP contribution >= 0.6 is 0 Å². The summed E-state index contributed by atoms with van der Waals surface area (Å²) in [4.78, 5) is 47.6. The van der Waals surface area contributed by atoms with Gasteiger partial charge in [-0.1, -0.05) is 12.8 Å². The Bertz CT molecular complexity index is 411. The minimum Gasteiger partial charge on any atom is -0.341 e. The summed E-state index contributed by atoms with van der Waals surface area (Å²) < 4.78 is 0. The summed E-state index contributed by atoms with van der Waals surface area (Å²) >= 11 is 0. The zero-order chi connectivity index (χ0) is 14.0. The van der Waals surface area contributed by atoms with Crippen LogP contribution in [-0.4, -0.2) is 42.2 Å². The summed E-state index contributed by atoms with van der Waals surface area (Å²) in [5.41, 5.74) is 0. The lowest BCUT2D eigenvalue weighted by atomic mass is 9.81. The van der Waals surface area contributed by atoms with Gasteiger partial charge in [0.2, 0.25) is 17.7 Å². The molecular formula is C12H17N3O4. The van der Waals surface area contributed by atoms with Crippen molar-refractivity contribution >= 4 is 23.8 Å². The van der Waals surface area contributed by atoms with Gasteiger partial charge >= 0.3 is 6.03 Å². The summed E-state index contributed by atoms with van der Waals surface area (Å²) in [6.07, 6.45) is 3.31. The smallest absolute Gasteiger partial charge is 0.321 e. The van der Waals surface area contributed by atoms with Gasteiger partial charge < -0.3 is 5.32 Å². The van der Waals surface area contributed by atoms with E-state index in [0.29, 0.717) is 12.8 Å². The zero-order valence-corrected chi connectivity index (χ0v) is 10.8. The minimum absolute atomic E-state index is 0.269. The second-order valence-electron chi connectivity index (χ2n) is 4.89. The highest BCUT2D eigenvalue weighted by molar-refractivity contribution is 6.08. The molecule has 0 unspecified atom stereocenters. The Morgan fingerprint density at radius 3 is 2.16 bits per heavy atom. The Hall–Kier alpha value is -1.92. The van der Waals surface area contributed by atoms with Crippen molar-refractivity contribution in [3.05, 3.63) is 0 Å². The molecule has 0 spiro atoms. The molecule has 2 fully saturated rings. The molecule has 1 aliphatic heterocycles. The van der Waals surface area contributed by atoms with Crippen LogP contribution in [0.4, 0.5) is 4.79 Å². The van der Waals surface area contributed by atoms with E-state index in [1.54, 1.807) is 0 Å². The van der Waals surface area contributed by atoms with Crippen LogP contribution in [0.3, 0.4) is 0 Å². The molecule has 0 bridgehead atoms. The first-order valence-corrected chi connectivity index (χ1v) is 6.41. The summed E-state index contributed by atoms with van der Waals surface area (Å²) in [6, 6.07) is -0.651. The van der Waals surface area contributed by atoms with E-state index >= 15 is 0 Å². The Morgan fingerprint density at radius 1 is 1.16 bits per heavy atom. The number of rotatable bonds is 2. The van der Waals surface area contributed by atoms with E-state index in [1.807, 2.05) is 5.32 Å². The number of carbonyl (C=O) groups excluding carboxylic acids is 4. The monoisotopic (exact) mass is 267 g/mol. The molecule has 2 rings (SSSR count). The van der Waals surface area contributed by atoms with Gasteiger partial charge in [0.25, 0.3) is 0 Å². The van der Waals surface area contributed by atoms with Crippen molar-refractivity contribution in [3.63, 3.8) is 0 Å². The first kappa shape index (κ1) is 13.5. The Kier molecular flexibility index (Phi) is 3.82. The molecule has 0 aromatic rings. The van der Waals surface area contributed by atoms with Crippen LogP contribution in [0.15, 0.2) is 0 Å². The highest BCUT2D eigenvalue weighted by atomic mass is 16.2. The van der Waals surface area contributed by atoms with E-state index in [1.165, 1.54) is 7.05 Å². The fourth-order valence-electron chi connectivity index (χ4n) is 2.76. The molecule has 0 aromatic carbocycles. The fraction of sp³-hybridized carbons (Fsp3) is 0.667. The molecule has 1 heterocycles. The van der Waals surface area contributed by atoms with Crippen LogP contribution in [0.1, 0.15) is 25.7 Å². The lowest BCUT2D eigenvalue weighted by Crippen LogP contribution is -2.45. The van der Waals surface area contributed by atoms with E-state index in [2.05, 4.69) is 5.32 Å². The van der Waals surface area contributed by atoms with Crippen LogP contribution in [-0.2, 0) is 14.4 Å². The number of hydrogen-bond acceptors (Lipinski definition) is 4. The zero-order valence-electron chi connectivity index (χ0n) is 10.8. The summed E-state index contributed by atoms with van der Waals surface area (Å²) in [5, 5.41) is 4.28. The van der Waals surface area contributed by atoms with Crippen LogP contribution < -0.4 is 10.6 Å². The van der Waals surface area contributed by atoms with E-state index in [-0.39, 0.29) is 30.2 Å². The maximum absolute atomic E-state index is 12.1. The fourth-order valence-corrected chi connectivity index (χ4v) is 2.76. The molecule has 0 aromatic heterocycles. The molecule has 2 atom stereocenters. The minimum atomic E-state index is -0.653. The number of amides is 5. The highest BCUT2D eigenvalue weighted by Gasteiger charge is 2.48. The number of nitrogens with one attached hydrogen (secondary N) is 2. The molecular weight excluding hydrogens is 250 g/mol. The van der Waals surface area contributed by atoms with Gasteiger partial charge in [-0.05, 0) is 12.8 Å². The number of hydrogen-bond donors (Lipinski definition) is 2. The number of urea groups is 1. The second kappa shape index (κ2) is 5.38. The predicted molar refractivity (Wildman–Crippen MR) is 64.8 cm³/mol. The summed E-state index contributed by atoms with van der Waals surface area (Å²) in [5.74, 6) is -1.74. The molecule has 5 amide bonds. The molecule has 0 radical (unpaired) electrons. The first-order chi connectivity index (χ1) is 9.04. The predicted octanol–water partition coefficient (Wildman–Crippen LogP) is -0.383. The number of carbonyl (C=O) groups is 4. The molecule has 7 heteroatoms. The number of likely N-dealkylation sites (tertiary alicyclic amines) is 1. The van der Waals surface area contributed by atoms with Crippen LogP contribution in [0.5, 0.6) is 0 Å². The topological polar surface area (TPSA) is 95.6 Å². The van der Waals surface area contributed by atoms with Gasteiger partial charge in [-0.25, -0.2) is 4.79 Å². The van der Waals surface area contributed by atoms with E-state index in [0.717, 1.165) is 17.7 Å². The standard InChI is InChI=1S/C12H17N3O4/c1-13-12(19)14-9(16)6-15-10(17)7-4-2-3-5-8(7)11(15)18/h7-8H,2-6H2,1H3,(H2,13,14,16,19)/t7-,8+. The average Bonchev–Trinajstić information content (AvgIpc) is 2.64. The maximum atomic E-state index is 12.1. The molecule has 2 N–H and O–H groups in total. The Morgan fingerprint density at radius 2 is 1.68 bits per heavy atom. The van der Waals surface area contributed by atoms with Crippen LogP contribution in [0.25, 0.3) is 0 Å². The highest BCUT2D eigenvalue weighted by Crippen LogP contribution is 2.37. The SMILES string of the molecule is CNC(=O)NC(=O)CN1C(=O)[C@H]2CCCC[C@H]2C1=O. The van der Waals surface area contributed by atoms with Gasteiger partial charge in [0, 0.05) is 7.05 Å². The number of imide groups is 2. The van der Waals surface area contributed by atoms with Gasteiger partial charge in [-0.2, -0.15) is 0 Å². The molecule has 1 saturated heterocycles. The molecule has 7 nitrogen and oxygen atoms in total. The summed E-state index contributed by atoms with van der Waals surface area (Å²) in [6.45, 7) is -0.377. The lowest BCUT2D eigenvalue weighted by molar-refractivity contribution is -0.143. The van der Waals surface area contributed by atoms with Crippen molar-refractivity contribution in [1.29, 1.82) is 0 Å². The van der Waals surface area contributed by atoms with Crippen molar-refractivity contribution < 1.29 is 19.2 Å². The van der Waals surface area contributed by atoms with E-state index in [9.17, 15) is 19.2 Å².